The van der Waals surface area contributed by atoms with E-state index in [0.717, 1.165) is 6.07 Å². The van der Waals surface area contributed by atoms with Gasteiger partial charge in [-0.1, -0.05) is 12.1 Å². The number of carbonyl (C=O) groups excluding carboxylic acids is 1. The number of Topliss-reactive ketones (excluding diaryl/α,β-unsaturated/α-hetero) is 1. The van der Waals surface area contributed by atoms with E-state index in [2.05, 4.69) is 0 Å². The largest absolute Gasteiger partial charge is 0.508 e. The van der Waals surface area contributed by atoms with Gasteiger partial charge in [-0.3, -0.25) is 4.79 Å². The summed E-state index contributed by atoms with van der Waals surface area (Å²) < 4.78 is 16.7. The van der Waals surface area contributed by atoms with Crippen LogP contribution in [0.3, 0.4) is 0 Å². The molecule has 31 heavy (non-hydrogen) atoms. The van der Waals surface area contributed by atoms with Crippen LogP contribution in [0.5, 0.6) is 23.0 Å². The summed E-state index contributed by atoms with van der Waals surface area (Å²) in [5.74, 6) is -0.657. The third-order valence-corrected chi connectivity index (χ3v) is 5.34. The van der Waals surface area contributed by atoms with E-state index >= 15 is 0 Å². The third-order valence-electron chi connectivity index (χ3n) is 5.34. The van der Waals surface area contributed by atoms with E-state index in [-0.39, 0.29) is 35.0 Å². The van der Waals surface area contributed by atoms with Crippen LogP contribution in [0.2, 0.25) is 0 Å². The SMILES string of the molecule is O=C1CC(c2ccc(O)cc2)Oc2cc(OC3OC(CO)C(O)C(O)C3O)cc(O)c21. The Morgan fingerprint density at radius 2 is 1.71 bits per heavy atom. The zero-order valence-corrected chi connectivity index (χ0v) is 16.2. The number of carbonyl (C=O) groups is 1. The minimum atomic E-state index is -1.64. The number of phenolic OH excluding ortho intramolecular Hbond substituents is 2. The van der Waals surface area contributed by atoms with Crippen molar-refractivity contribution in [1.82, 2.24) is 0 Å². The predicted molar refractivity (Wildman–Crippen MR) is 103 cm³/mol. The molecule has 2 aromatic carbocycles. The molecule has 0 amide bonds. The van der Waals surface area contributed by atoms with Crippen molar-refractivity contribution in [1.29, 1.82) is 0 Å². The number of aromatic hydroxyl groups is 2. The molecule has 0 bridgehead atoms. The highest BCUT2D eigenvalue weighted by molar-refractivity contribution is 6.02. The van der Waals surface area contributed by atoms with Crippen LogP contribution in [-0.2, 0) is 4.74 Å². The van der Waals surface area contributed by atoms with E-state index in [4.69, 9.17) is 14.2 Å². The molecular formula is C21H22O10. The van der Waals surface area contributed by atoms with Crippen LogP contribution in [0.15, 0.2) is 36.4 Å². The lowest BCUT2D eigenvalue weighted by molar-refractivity contribution is -0.277. The van der Waals surface area contributed by atoms with Crippen LogP contribution in [0.4, 0.5) is 0 Å². The Balaban J connectivity index is 1.59. The highest BCUT2D eigenvalue weighted by atomic mass is 16.7. The number of benzene rings is 2. The monoisotopic (exact) mass is 434 g/mol. The molecular weight excluding hydrogens is 412 g/mol. The molecule has 10 nitrogen and oxygen atoms in total. The fourth-order valence-corrected chi connectivity index (χ4v) is 3.66. The number of phenols is 2. The third kappa shape index (κ3) is 4.03. The fourth-order valence-electron chi connectivity index (χ4n) is 3.66. The summed E-state index contributed by atoms with van der Waals surface area (Å²) >= 11 is 0. The highest BCUT2D eigenvalue weighted by Crippen LogP contribution is 2.42. The van der Waals surface area contributed by atoms with Gasteiger partial charge in [0.1, 0.15) is 59.1 Å². The first kappa shape index (κ1) is 21.3. The molecule has 0 spiro atoms. The molecule has 166 valence electrons. The summed E-state index contributed by atoms with van der Waals surface area (Å²) in [5, 5.41) is 59.0. The molecule has 2 aliphatic heterocycles. The molecule has 6 atom stereocenters. The number of aliphatic hydroxyl groups is 4. The summed E-state index contributed by atoms with van der Waals surface area (Å²) in [6, 6.07) is 8.64. The van der Waals surface area contributed by atoms with E-state index in [1.807, 2.05) is 0 Å². The first-order valence-corrected chi connectivity index (χ1v) is 9.61. The Labute approximate surface area is 176 Å². The van der Waals surface area contributed by atoms with Crippen molar-refractivity contribution in [2.45, 2.75) is 43.2 Å². The minimum Gasteiger partial charge on any atom is -0.508 e. The van der Waals surface area contributed by atoms with Crippen molar-refractivity contribution in [3.63, 3.8) is 0 Å². The Hall–Kier alpha value is -2.89. The maximum absolute atomic E-state index is 12.6. The topological polar surface area (TPSA) is 166 Å². The van der Waals surface area contributed by atoms with Crippen molar-refractivity contribution in [3.05, 3.63) is 47.5 Å². The zero-order chi connectivity index (χ0) is 22.3. The van der Waals surface area contributed by atoms with Gasteiger partial charge in [0.05, 0.1) is 13.0 Å². The van der Waals surface area contributed by atoms with Gasteiger partial charge in [0.15, 0.2) is 5.78 Å². The average molecular weight is 434 g/mol. The lowest BCUT2D eigenvalue weighted by atomic mass is 9.95. The lowest BCUT2D eigenvalue weighted by Crippen LogP contribution is -2.60. The summed E-state index contributed by atoms with van der Waals surface area (Å²) in [6.07, 6.45) is -8.09. The van der Waals surface area contributed by atoms with Gasteiger partial charge in [0.25, 0.3) is 0 Å². The van der Waals surface area contributed by atoms with E-state index in [1.54, 1.807) is 12.1 Å². The normalized spacial score (nSPS) is 30.4. The standard InChI is InChI=1S/C21H22O10/c22-8-16-18(26)19(27)20(28)21(31-16)29-11-5-12(24)17-13(25)7-14(30-15(17)6-11)9-1-3-10(23)4-2-9/h1-6,14,16,18-24,26-28H,7-8H2. The Bertz CT molecular complexity index is 957. The van der Waals surface area contributed by atoms with Crippen molar-refractivity contribution in [3.8, 4) is 23.0 Å². The second-order valence-electron chi connectivity index (χ2n) is 7.46. The molecule has 1 saturated heterocycles. The van der Waals surface area contributed by atoms with E-state index in [0.29, 0.717) is 5.56 Å². The minimum absolute atomic E-state index is 0.0156. The molecule has 1 fully saturated rings. The lowest BCUT2D eigenvalue weighted by Gasteiger charge is -2.39. The molecule has 0 aliphatic carbocycles. The fraction of sp³-hybridized carbons (Fsp3) is 0.381. The van der Waals surface area contributed by atoms with Gasteiger partial charge in [0.2, 0.25) is 6.29 Å². The summed E-state index contributed by atoms with van der Waals surface area (Å²) in [5.41, 5.74) is 0.632. The van der Waals surface area contributed by atoms with Gasteiger partial charge in [-0.2, -0.15) is 0 Å². The first-order chi connectivity index (χ1) is 14.8. The predicted octanol–water partition coefficient (Wildman–Crippen LogP) is -0.0170. The second-order valence-corrected chi connectivity index (χ2v) is 7.46. The first-order valence-electron chi connectivity index (χ1n) is 9.61. The Morgan fingerprint density at radius 3 is 2.39 bits per heavy atom. The van der Waals surface area contributed by atoms with E-state index in [1.165, 1.54) is 18.2 Å². The molecule has 2 aliphatic rings. The molecule has 0 radical (unpaired) electrons. The smallest absolute Gasteiger partial charge is 0.229 e. The zero-order valence-electron chi connectivity index (χ0n) is 16.2. The molecule has 6 unspecified atom stereocenters. The summed E-state index contributed by atoms with van der Waals surface area (Å²) in [7, 11) is 0. The average Bonchev–Trinajstić information content (AvgIpc) is 2.74. The van der Waals surface area contributed by atoms with Gasteiger partial charge in [-0.15, -0.1) is 0 Å². The Kier molecular flexibility index (Phi) is 5.73. The van der Waals surface area contributed by atoms with Gasteiger partial charge >= 0.3 is 0 Å². The van der Waals surface area contributed by atoms with Crippen LogP contribution in [0.25, 0.3) is 0 Å². The maximum Gasteiger partial charge on any atom is 0.229 e. The van der Waals surface area contributed by atoms with E-state index in [9.17, 15) is 35.4 Å². The van der Waals surface area contributed by atoms with Crippen molar-refractivity contribution in [2.75, 3.05) is 6.61 Å². The van der Waals surface area contributed by atoms with Crippen LogP contribution >= 0.6 is 0 Å². The number of ether oxygens (including phenoxy) is 3. The molecule has 6 N–H and O–H groups in total. The second kappa shape index (κ2) is 8.33. The molecule has 4 rings (SSSR count). The highest BCUT2D eigenvalue weighted by Gasteiger charge is 2.45. The van der Waals surface area contributed by atoms with Gasteiger partial charge in [-0.05, 0) is 17.7 Å². The van der Waals surface area contributed by atoms with Gasteiger partial charge in [0, 0.05) is 12.1 Å². The number of fused-ring (bicyclic) bond motifs is 1. The number of hydrogen-bond acceptors (Lipinski definition) is 10. The number of hydrogen-bond donors (Lipinski definition) is 6. The molecule has 0 saturated carbocycles. The van der Waals surface area contributed by atoms with Crippen molar-refractivity contribution < 1.29 is 49.6 Å². The molecule has 2 aromatic rings. The number of aliphatic hydroxyl groups excluding tert-OH is 4. The van der Waals surface area contributed by atoms with Crippen molar-refractivity contribution in [2.24, 2.45) is 0 Å². The van der Waals surface area contributed by atoms with Crippen LogP contribution < -0.4 is 9.47 Å². The van der Waals surface area contributed by atoms with Crippen LogP contribution in [0, 0.1) is 0 Å². The molecule has 2 heterocycles. The van der Waals surface area contributed by atoms with Gasteiger partial charge in [-0.25, -0.2) is 0 Å². The number of rotatable bonds is 4. The molecule has 0 aromatic heterocycles. The van der Waals surface area contributed by atoms with Crippen molar-refractivity contribution >= 4 is 5.78 Å². The number of ketones is 1. The maximum atomic E-state index is 12.6. The van der Waals surface area contributed by atoms with Gasteiger partial charge < -0.3 is 44.8 Å². The van der Waals surface area contributed by atoms with Crippen LogP contribution in [-0.4, -0.2) is 73.7 Å². The van der Waals surface area contributed by atoms with Crippen LogP contribution in [0.1, 0.15) is 28.4 Å². The van der Waals surface area contributed by atoms with E-state index < -0.39 is 49.2 Å². The summed E-state index contributed by atoms with van der Waals surface area (Å²) in [6.45, 7) is -0.619. The summed E-state index contributed by atoms with van der Waals surface area (Å²) in [4.78, 5) is 12.6. The molecule has 10 heteroatoms. The quantitative estimate of drug-likeness (QED) is 0.385. The Morgan fingerprint density at radius 1 is 1.00 bits per heavy atom.